The third-order valence-electron chi connectivity index (χ3n) is 3.14. The Hall–Kier alpha value is -2.23. The molecule has 0 bridgehead atoms. The van der Waals surface area contributed by atoms with Crippen molar-refractivity contribution < 1.29 is 14.6 Å². The molecule has 0 fully saturated rings. The number of rotatable bonds is 2. The van der Waals surface area contributed by atoms with Gasteiger partial charge >= 0.3 is 5.97 Å². The van der Waals surface area contributed by atoms with Gasteiger partial charge < -0.3 is 14.8 Å². The van der Waals surface area contributed by atoms with E-state index in [9.17, 15) is 4.79 Å². The molecule has 86 valence electrons. The van der Waals surface area contributed by atoms with Crippen LogP contribution in [0.1, 0.15) is 21.6 Å². The van der Waals surface area contributed by atoms with Gasteiger partial charge in [-0.05, 0) is 28.8 Å². The van der Waals surface area contributed by atoms with Gasteiger partial charge in [-0.25, -0.2) is 4.79 Å². The number of ether oxygens (including phenoxy) is 1. The average molecular weight is 229 g/mol. The number of hydrogen-bond donors (Lipinski definition) is 2. The van der Waals surface area contributed by atoms with Gasteiger partial charge in [-0.2, -0.15) is 0 Å². The van der Waals surface area contributed by atoms with E-state index in [1.807, 2.05) is 18.2 Å². The predicted octanol–water partition coefficient (Wildman–Crippen LogP) is 2.29. The van der Waals surface area contributed by atoms with Crippen molar-refractivity contribution >= 4 is 5.97 Å². The quantitative estimate of drug-likeness (QED) is 0.708. The lowest BCUT2D eigenvalue weighted by Gasteiger charge is -2.05. The number of fused-ring (bicyclic) bond motifs is 3. The first-order chi connectivity index (χ1) is 8.20. The molecule has 0 saturated carbocycles. The molecule has 2 aromatic rings. The minimum atomic E-state index is -0.929. The van der Waals surface area contributed by atoms with Crippen LogP contribution in [0.25, 0.3) is 11.1 Å². The summed E-state index contributed by atoms with van der Waals surface area (Å²) in [5.41, 5.74) is 4.19. The van der Waals surface area contributed by atoms with Gasteiger partial charge in [0.25, 0.3) is 0 Å². The molecule has 0 aliphatic heterocycles. The van der Waals surface area contributed by atoms with Gasteiger partial charge in [0.2, 0.25) is 0 Å². The minimum absolute atomic E-state index is 0.256. The zero-order valence-corrected chi connectivity index (χ0v) is 9.28. The number of hydrogen-bond acceptors (Lipinski definition) is 2. The molecule has 1 heterocycles. The normalized spacial score (nSPS) is 12.1. The lowest BCUT2D eigenvalue weighted by atomic mass is 10.1. The largest absolute Gasteiger partial charge is 0.497 e. The van der Waals surface area contributed by atoms with Crippen LogP contribution in [0.5, 0.6) is 5.75 Å². The maximum atomic E-state index is 11.1. The molecule has 0 saturated heterocycles. The topological polar surface area (TPSA) is 62.3 Å². The van der Waals surface area contributed by atoms with Gasteiger partial charge in [-0.3, -0.25) is 0 Å². The summed E-state index contributed by atoms with van der Waals surface area (Å²) in [6.45, 7) is 0. The van der Waals surface area contributed by atoms with Crippen molar-refractivity contribution in [2.45, 2.75) is 6.42 Å². The molecule has 0 radical (unpaired) electrons. The SMILES string of the molecule is COc1ccc2c(c1)-c1c(c[nH]c1C(=O)O)C2. The van der Waals surface area contributed by atoms with Crippen molar-refractivity contribution in [3.8, 4) is 16.9 Å². The summed E-state index contributed by atoms with van der Waals surface area (Å²) in [6.07, 6.45) is 2.55. The molecule has 1 aromatic heterocycles. The van der Waals surface area contributed by atoms with Crippen LogP contribution in [0.15, 0.2) is 24.4 Å². The van der Waals surface area contributed by atoms with Crippen molar-refractivity contribution in [3.63, 3.8) is 0 Å². The summed E-state index contributed by atoms with van der Waals surface area (Å²) in [7, 11) is 1.60. The molecule has 1 aromatic carbocycles. The monoisotopic (exact) mass is 229 g/mol. The molecular weight excluding hydrogens is 218 g/mol. The van der Waals surface area contributed by atoms with Gasteiger partial charge in [0.1, 0.15) is 11.4 Å². The molecular formula is C13H11NO3. The Morgan fingerprint density at radius 3 is 2.94 bits per heavy atom. The summed E-state index contributed by atoms with van der Waals surface area (Å²) in [5, 5.41) is 9.13. The Morgan fingerprint density at radius 2 is 2.24 bits per heavy atom. The van der Waals surface area contributed by atoms with E-state index >= 15 is 0 Å². The highest BCUT2D eigenvalue weighted by atomic mass is 16.5. The molecule has 4 heteroatoms. The highest BCUT2D eigenvalue weighted by Crippen LogP contribution is 2.40. The summed E-state index contributed by atoms with van der Waals surface area (Å²) in [4.78, 5) is 13.9. The smallest absolute Gasteiger partial charge is 0.352 e. The Labute approximate surface area is 97.9 Å². The molecule has 0 spiro atoms. The van der Waals surface area contributed by atoms with Crippen LogP contribution in [-0.4, -0.2) is 23.2 Å². The minimum Gasteiger partial charge on any atom is -0.497 e. The Bertz CT molecular complexity index is 613. The Morgan fingerprint density at radius 1 is 1.41 bits per heavy atom. The van der Waals surface area contributed by atoms with Crippen molar-refractivity contribution in [1.82, 2.24) is 4.98 Å². The fourth-order valence-electron chi connectivity index (χ4n) is 2.35. The van der Waals surface area contributed by atoms with E-state index in [1.54, 1.807) is 13.3 Å². The zero-order chi connectivity index (χ0) is 12.0. The van der Waals surface area contributed by atoms with Crippen molar-refractivity contribution in [3.05, 3.63) is 41.2 Å². The van der Waals surface area contributed by atoms with Gasteiger partial charge in [0, 0.05) is 18.2 Å². The van der Waals surface area contributed by atoms with E-state index in [2.05, 4.69) is 4.98 Å². The van der Waals surface area contributed by atoms with Gasteiger partial charge in [0.15, 0.2) is 0 Å². The van der Waals surface area contributed by atoms with Gasteiger partial charge in [-0.1, -0.05) is 6.07 Å². The molecule has 17 heavy (non-hydrogen) atoms. The van der Waals surface area contributed by atoms with E-state index in [0.717, 1.165) is 34.4 Å². The number of H-pyrrole nitrogens is 1. The molecule has 0 atom stereocenters. The van der Waals surface area contributed by atoms with Crippen LogP contribution in [0.3, 0.4) is 0 Å². The number of aromatic carboxylic acids is 1. The number of aromatic nitrogens is 1. The van der Waals surface area contributed by atoms with Crippen LogP contribution in [0.4, 0.5) is 0 Å². The van der Waals surface area contributed by atoms with Crippen molar-refractivity contribution in [1.29, 1.82) is 0 Å². The van der Waals surface area contributed by atoms with Crippen LogP contribution in [0, 0.1) is 0 Å². The fraction of sp³-hybridized carbons (Fsp3) is 0.154. The van der Waals surface area contributed by atoms with Crippen LogP contribution in [-0.2, 0) is 6.42 Å². The number of aromatic amines is 1. The van der Waals surface area contributed by atoms with Crippen LogP contribution in [0.2, 0.25) is 0 Å². The lowest BCUT2D eigenvalue weighted by Crippen LogP contribution is -1.98. The second-order valence-corrected chi connectivity index (χ2v) is 4.07. The summed E-state index contributed by atoms with van der Waals surface area (Å²) in [5.74, 6) is -0.184. The van der Waals surface area contributed by atoms with Crippen molar-refractivity contribution in [2.75, 3.05) is 7.11 Å². The van der Waals surface area contributed by atoms with Crippen LogP contribution >= 0.6 is 0 Å². The third-order valence-corrected chi connectivity index (χ3v) is 3.14. The number of carboxylic acid groups (broad SMARTS) is 1. The summed E-state index contributed by atoms with van der Waals surface area (Å²) in [6, 6.07) is 5.77. The number of benzene rings is 1. The van der Waals surface area contributed by atoms with Gasteiger partial charge in [0.05, 0.1) is 7.11 Å². The Kier molecular flexibility index (Phi) is 1.98. The first-order valence-corrected chi connectivity index (χ1v) is 5.31. The summed E-state index contributed by atoms with van der Waals surface area (Å²) < 4.78 is 5.17. The van der Waals surface area contributed by atoms with Crippen molar-refractivity contribution in [2.24, 2.45) is 0 Å². The molecule has 0 amide bonds. The van der Waals surface area contributed by atoms with E-state index in [0.29, 0.717) is 0 Å². The Balaban J connectivity index is 2.23. The average Bonchev–Trinajstić information content (AvgIpc) is 2.86. The first-order valence-electron chi connectivity index (χ1n) is 5.31. The first kappa shape index (κ1) is 9.96. The molecule has 0 unspecified atom stereocenters. The molecule has 3 rings (SSSR count). The molecule has 1 aliphatic carbocycles. The second kappa shape index (κ2) is 3.38. The lowest BCUT2D eigenvalue weighted by molar-refractivity contribution is 0.0692. The third kappa shape index (κ3) is 1.34. The second-order valence-electron chi connectivity index (χ2n) is 4.07. The van der Waals surface area contributed by atoms with Gasteiger partial charge in [-0.15, -0.1) is 0 Å². The number of carboxylic acids is 1. The maximum Gasteiger partial charge on any atom is 0.352 e. The predicted molar refractivity (Wildman–Crippen MR) is 62.5 cm³/mol. The maximum absolute atomic E-state index is 11.1. The number of carbonyl (C=O) groups is 1. The zero-order valence-electron chi connectivity index (χ0n) is 9.28. The van der Waals surface area contributed by atoms with E-state index in [1.165, 1.54) is 0 Å². The molecule has 2 N–H and O–H groups in total. The standard InChI is InChI=1S/C13H11NO3/c1-17-9-3-2-7-4-8-6-14-12(13(15)16)11(8)10(7)5-9/h2-3,5-6,14H,4H2,1H3,(H,15,16). The van der Waals surface area contributed by atoms with E-state index < -0.39 is 5.97 Å². The van der Waals surface area contributed by atoms with E-state index in [4.69, 9.17) is 9.84 Å². The number of nitrogens with one attached hydrogen (secondary N) is 1. The molecule has 4 nitrogen and oxygen atoms in total. The highest BCUT2D eigenvalue weighted by molar-refractivity contribution is 5.97. The van der Waals surface area contributed by atoms with E-state index in [-0.39, 0.29) is 5.69 Å². The fourth-order valence-corrected chi connectivity index (χ4v) is 2.35. The highest BCUT2D eigenvalue weighted by Gasteiger charge is 2.26. The molecule has 1 aliphatic rings. The summed E-state index contributed by atoms with van der Waals surface area (Å²) >= 11 is 0. The van der Waals surface area contributed by atoms with Crippen LogP contribution < -0.4 is 4.74 Å². The number of methoxy groups -OCH3 is 1.